The Labute approximate surface area is 112 Å². The van der Waals surface area contributed by atoms with Crippen LogP contribution in [0.15, 0.2) is 18.2 Å². The molecule has 1 unspecified atom stereocenters. The van der Waals surface area contributed by atoms with Gasteiger partial charge in [-0.1, -0.05) is 45.4 Å². The zero-order chi connectivity index (χ0) is 13.8. The van der Waals surface area contributed by atoms with E-state index in [-0.39, 0.29) is 5.41 Å². The van der Waals surface area contributed by atoms with E-state index in [0.717, 1.165) is 18.7 Å². The maximum absolute atomic E-state index is 5.46. The zero-order valence-corrected chi connectivity index (χ0v) is 12.6. The molecule has 0 fully saturated rings. The van der Waals surface area contributed by atoms with Crippen molar-refractivity contribution in [1.82, 2.24) is 5.32 Å². The maximum Gasteiger partial charge on any atom is 0.122 e. The van der Waals surface area contributed by atoms with Crippen molar-refractivity contribution in [3.05, 3.63) is 29.3 Å². The fraction of sp³-hybridized carbons (Fsp3) is 0.625. The van der Waals surface area contributed by atoms with Crippen molar-refractivity contribution in [3.8, 4) is 5.75 Å². The minimum atomic E-state index is 0.241. The number of rotatable bonds is 5. The van der Waals surface area contributed by atoms with E-state index in [1.807, 2.05) is 0 Å². The van der Waals surface area contributed by atoms with Gasteiger partial charge in [-0.25, -0.2) is 0 Å². The van der Waals surface area contributed by atoms with Crippen molar-refractivity contribution in [1.29, 1.82) is 0 Å². The molecule has 18 heavy (non-hydrogen) atoms. The molecular formula is C16H27NO. The van der Waals surface area contributed by atoms with Gasteiger partial charge in [-0.2, -0.15) is 0 Å². The van der Waals surface area contributed by atoms with Gasteiger partial charge in [-0.05, 0) is 36.9 Å². The number of methoxy groups -OCH3 is 1. The van der Waals surface area contributed by atoms with E-state index in [4.69, 9.17) is 4.74 Å². The first kappa shape index (κ1) is 15.0. The second kappa shape index (κ2) is 6.24. The van der Waals surface area contributed by atoms with Crippen LogP contribution in [-0.2, 0) is 6.42 Å². The summed E-state index contributed by atoms with van der Waals surface area (Å²) in [4.78, 5) is 0. The summed E-state index contributed by atoms with van der Waals surface area (Å²) in [5.74, 6) is 0.993. The Bertz CT molecular complexity index is 379. The van der Waals surface area contributed by atoms with Gasteiger partial charge in [-0.15, -0.1) is 0 Å². The standard InChI is InChI=1S/C16H27NO/c1-7-17-15(16(3,4)5)11-13-10-12(2)8-9-14(13)18-6/h8-10,15,17H,7,11H2,1-6H3. The summed E-state index contributed by atoms with van der Waals surface area (Å²) in [7, 11) is 1.74. The summed E-state index contributed by atoms with van der Waals surface area (Å²) in [5.41, 5.74) is 2.82. The van der Waals surface area contributed by atoms with E-state index in [9.17, 15) is 0 Å². The predicted molar refractivity (Wildman–Crippen MR) is 78.4 cm³/mol. The smallest absolute Gasteiger partial charge is 0.122 e. The van der Waals surface area contributed by atoms with Crippen LogP contribution in [0.1, 0.15) is 38.8 Å². The Kier molecular flexibility index (Phi) is 5.21. The van der Waals surface area contributed by atoms with E-state index in [1.165, 1.54) is 11.1 Å². The van der Waals surface area contributed by atoms with Crippen molar-refractivity contribution < 1.29 is 4.74 Å². The van der Waals surface area contributed by atoms with Gasteiger partial charge in [0.2, 0.25) is 0 Å². The van der Waals surface area contributed by atoms with Crippen LogP contribution >= 0.6 is 0 Å². The molecule has 1 aromatic carbocycles. The third-order valence-electron chi connectivity index (χ3n) is 3.36. The van der Waals surface area contributed by atoms with Gasteiger partial charge in [0.25, 0.3) is 0 Å². The Morgan fingerprint density at radius 3 is 2.44 bits per heavy atom. The quantitative estimate of drug-likeness (QED) is 0.861. The molecule has 0 saturated carbocycles. The lowest BCUT2D eigenvalue weighted by Crippen LogP contribution is -2.41. The summed E-state index contributed by atoms with van der Waals surface area (Å²) in [6.45, 7) is 12.1. The zero-order valence-electron chi connectivity index (χ0n) is 12.6. The van der Waals surface area contributed by atoms with Crippen LogP contribution in [0.3, 0.4) is 0 Å². The second-order valence-corrected chi connectivity index (χ2v) is 6.00. The first-order valence-electron chi connectivity index (χ1n) is 6.75. The molecule has 0 aliphatic carbocycles. The third-order valence-corrected chi connectivity index (χ3v) is 3.36. The lowest BCUT2D eigenvalue weighted by molar-refractivity contribution is 0.267. The highest BCUT2D eigenvalue weighted by molar-refractivity contribution is 5.37. The number of ether oxygens (including phenoxy) is 1. The highest BCUT2D eigenvalue weighted by atomic mass is 16.5. The van der Waals surface area contributed by atoms with Gasteiger partial charge < -0.3 is 10.1 Å². The molecule has 1 N–H and O–H groups in total. The molecular weight excluding hydrogens is 222 g/mol. The second-order valence-electron chi connectivity index (χ2n) is 6.00. The van der Waals surface area contributed by atoms with Crippen LogP contribution in [0.25, 0.3) is 0 Å². The highest BCUT2D eigenvalue weighted by Crippen LogP contribution is 2.27. The molecule has 1 atom stereocenters. The molecule has 0 amide bonds. The lowest BCUT2D eigenvalue weighted by atomic mass is 9.82. The molecule has 0 saturated heterocycles. The average Bonchev–Trinajstić information content (AvgIpc) is 2.27. The molecule has 0 spiro atoms. The molecule has 2 nitrogen and oxygen atoms in total. The van der Waals surface area contributed by atoms with Crippen LogP contribution in [0.5, 0.6) is 5.75 Å². The fourth-order valence-corrected chi connectivity index (χ4v) is 2.22. The number of likely N-dealkylation sites (N-methyl/N-ethyl adjacent to an activating group) is 1. The summed E-state index contributed by atoms with van der Waals surface area (Å²) < 4.78 is 5.46. The number of benzene rings is 1. The third kappa shape index (κ3) is 4.02. The van der Waals surface area contributed by atoms with Crippen LogP contribution in [-0.4, -0.2) is 19.7 Å². The number of hydrogen-bond acceptors (Lipinski definition) is 2. The largest absolute Gasteiger partial charge is 0.496 e. The Morgan fingerprint density at radius 2 is 1.94 bits per heavy atom. The first-order chi connectivity index (χ1) is 8.38. The molecule has 0 heterocycles. The molecule has 2 heteroatoms. The van der Waals surface area contributed by atoms with E-state index >= 15 is 0 Å². The van der Waals surface area contributed by atoms with Crippen molar-refractivity contribution >= 4 is 0 Å². The lowest BCUT2D eigenvalue weighted by Gasteiger charge is -2.32. The number of aryl methyl sites for hydroxylation is 1. The molecule has 0 aromatic heterocycles. The fourth-order valence-electron chi connectivity index (χ4n) is 2.22. The SMILES string of the molecule is CCNC(Cc1cc(C)ccc1OC)C(C)(C)C. The van der Waals surface area contributed by atoms with Crippen LogP contribution in [0, 0.1) is 12.3 Å². The Hall–Kier alpha value is -1.02. The number of nitrogens with one attached hydrogen (secondary N) is 1. The first-order valence-corrected chi connectivity index (χ1v) is 6.75. The van der Waals surface area contributed by atoms with Crippen molar-refractivity contribution in [2.24, 2.45) is 5.41 Å². The molecule has 0 bridgehead atoms. The van der Waals surface area contributed by atoms with Crippen molar-refractivity contribution in [2.75, 3.05) is 13.7 Å². The molecule has 1 aromatic rings. The normalized spacial score (nSPS) is 13.4. The average molecular weight is 249 g/mol. The van der Waals surface area contributed by atoms with Gasteiger partial charge >= 0.3 is 0 Å². The van der Waals surface area contributed by atoms with Crippen LogP contribution in [0.4, 0.5) is 0 Å². The van der Waals surface area contributed by atoms with Gasteiger partial charge in [-0.3, -0.25) is 0 Å². The summed E-state index contributed by atoms with van der Waals surface area (Å²) in [5, 5.41) is 3.59. The number of hydrogen-bond donors (Lipinski definition) is 1. The molecule has 0 radical (unpaired) electrons. The molecule has 0 aliphatic heterocycles. The van der Waals surface area contributed by atoms with Gasteiger partial charge in [0.15, 0.2) is 0 Å². The summed E-state index contributed by atoms with van der Waals surface area (Å²) in [6.07, 6.45) is 1.00. The van der Waals surface area contributed by atoms with E-state index in [1.54, 1.807) is 7.11 Å². The van der Waals surface area contributed by atoms with Crippen molar-refractivity contribution in [3.63, 3.8) is 0 Å². The van der Waals surface area contributed by atoms with Crippen LogP contribution in [0.2, 0.25) is 0 Å². The van der Waals surface area contributed by atoms with Gasteiger partial charge in [0.05, 0.1) is 7.11 Å². The Balaban J connectivity index is 2.96. The maximum atomic E-state index is 5.46. The highest BCUT2D eigenvalue weighted by Gasteiger charge is 2.24. The Morgan fingerprint density at radius 1 is 1.28 bits per heavy atom. The van der Waals surface area contributed by atoms with E-state index < -0.39 is 0 Å². The molecule has 0 aliphatic rings. The van der Waals surface area contributed by atoms with Gasteiger partial charge in [0, 0.05) is 6.04 Å². The predicted octanol–water partition coefficient (Wildman–Crippen LogP) is 3.57. The monoisotopic (exact) mass is 249 g/mol. The van der Waals surface area contributed by atoms with E-state index in [0.29, 0.717) is 6.04 Å². The summed E-state index contributed by atoms with van der Waals surface area (Å²) in [6, 6.07) is 6.85. The minimum absolute atomic E-state index is 0.241. The summed E-state index contributed by atoms with van der Waals surface area (Å²) >= 11 is 0. The molecule has 102 valence electrons. The minimum Gasteiger partial charge on any atom is -0.496 e. The van der Waals surface area contributed by atoms with Crippen molar-refractivity contribution in [2.45, 2.75) is 47.1 Å². The molecule has 1 rings (SSSR count). The van der Waals surface area contributed by atoms with Crippen LogP contribution < -0.4 is 10.1 Å². The van der Waals surface area contributed by atoms with E-state index in [2.05, 4.69) is 58.1 Å². The topological polar surface area (TPSA) is 21.3 Å². The van der Waals surface area contributed by atoms with Gasteiger partial charge in [0.1, 0.15) is 5.75 Å².